The predicted molar refractivity (Wildman–Crippen MR) is 66.1 cm³/mol. The van der Waals surface area contributed by atoms with Gasteiger partial charge in [-0.1, -0.05) is 19.9 Å². The molecule has 1 heterocycles. The lowest BCUT2D eigenvalue weighted by atomic mass is 10.1. The molecule has 0 aliphatic heterocycles. The summed E-state index contributed by atoms with van der Waals surface area (Å²) in [5.74, 6) is 0.731. The predicted octanol–water partition coefficient (Wildman–Crippen LogP) is 2.53. The molecule has 0 fully saturated rings. The van der Waals surface area contributed by atoms with Gasteiger partial charge in [0.2, 0.25) is 0 Å². The van der Waals surface area contributed by atoms with E-state index in [0.717, 1.165) is 24.6 Å². The molecular formula is C13H22N2O. The van der Waals surface area contributed by atoms with Crippen LogP contribution in [0.15, 0.2) is 24.4 Å². The van der Waals surface area contributed by atoms with Crippen molar-refractivity contribution in [2.75, 3.05) is 13.2 Å². The summed E-state index contributed by atoms with van der Waals surface area (Å²) in [5, 5.41) is 0. The SMILES string of the molecule is CC(C)CCCOC(CN)c1ccccn1. The molecule has 1 aromatic heterocycles. The second-order valence-corrected chi connectivity index (χ2v) is 4.39. The highest BCUT2D eigenvalue weighted by atomic mass is 16.5. The molecular weight excluding hydrogens is 200 g/mol. The van der Waals surface area contributed by atoms with Crippen LogP contribution in [0.25, 0.3) is 0 Å². The third kappa shape index (κ3) is 4.73. The van der Waals surface area contributed by atoms with E-state index in [1.807, 2.05) is 18.2 Å². The maximum Gasteiger partial charge on any atom is 0.112 e. The molecule has 0 aliphatic carbocycles. The fraction of sp³-hybridized carbons (Fsp3) is 0.615. The molecule has 1 rings (SSSR count). The highest BCUT2D eigenvalue weighted by molar-refractivity contribution is 5.07. The van der Waals surface area contributed by atoms with Gasteiger partial charge in [-0.3, -0.25) is 4.98 Å². The van der Waals surface area contributed by atoms with Crippen LogP contribution in [0.4, 0.5) is 0 Å². The Kier molecular flexibility index (Phi) is 6.04. The average Bonchev–Trinajstić information content (AvgIpc) is 2.30. The zero-order valence-corrected chi connectivity index (χ0v) is 10.2. The summed E-state index contributed by atoms with van der Waals surface area (Å²) in [4.78, 5) is 4.26. The summed E-state index contributed by atoms with van der Waals surface area (Å²) in [5.41, 5.74) is 6.61. The van der Waals surface area contributed by atoms with Crippen molar-refractivity contribution in [2.24, 2.45) is 11.7 Å². The first-order valence-corrected chi connectivity index (χ1v) is 5.96. The molecule has 1 unspecified atom stereocenters. The summed E-state index contributed by atoms with van der Waals surface area (Å²) in [6.45, 7) is 5.69. The van der Waals surface area contributed by atoms with Gasteiger partial charge in [-0.15, -0.1) is 0 Å². The minimum atomic E-state index is -0.0617. The Bertz CT molecular complexity index is 275. The van der Waals surface area contributed by atoms with Gasteiger partial charge in [0, 0.05) is 19.3 Å². The van der Waals surface area contributed by atoms with Gasteiger partial charge in [-0.05, 0) is 30.9 Å². The van der Waals surface area contributed by atoms with Crippen molar-refractivity contribution in [3.05, 3.63) is 30.1 Å². The molecule has 0 spiro atoms. The van der Waals surface area contributed by atoms with E-state index in [4.69, 9.17) is 10.5 Å². The lowest BCUT2D eigenvalue weighted by Crippen LogP contribution is -2.17. The number of nitrogens with two attached hydrogens (primary N) is 1. The Hall–Kier alpha value is -0.930. The normalized spacial score (nSPS) is 13.0. The number of ether oxygens (including phenoxy) is 1. The molecule has 3 nitrogen and oxygen atoms in total. The summed E-state index contributed by atoms with van der Waals surface area (Å²) in [6.07, 6.45) is 3.99. The van der Waals surface area contributed by atoms with Gasteiger partial charge in [0.1, 0.15) is 6.10 Å². The molecule has 0 radical (unpaired) electrons. The maximum atomic E-state index is 5.74. The highest BCUT2D eigenvalue weighted by Crippen LogP contribution is 2.14. The van der Waals surface area contributed by atoms with Crippen LogP contribution in [0.3, 0.4) is 0 Å². The zero-order chi connectivity index (χ0) is 11.8. The van der Waals surface area contributed by atoms with Gasteiger partial charge in [-0.25, -0.2) is 0 Å². The zero-order valence-electron chi connectivity index (χ0n) is 10.2. The molecule has 2 N–H and O–H groups in total. The smallest absolute Gasteiger partial charge is 0.112 e. The van der Waals surface area contributed by atoms with E-state index < -0.39 is 0 Å². The fourth-order valence-electron chi connectivity index (χ4n) is 1.56. The Labute approximate surface area is 98.0 Å². The van der Waals surface area contributed by atoms with Gasteiger partial charge in [0.15, 0.2) is 0 Å². The molecule has 3 heteroatoms. The van der Waals surface area contributed by atoms with Crippen LogP contribution in [-0.2, 0) is 4.74 Å². The van der Waals surface area contributed by atoms with E-state index in [0.29, 0.717) is 6.54 Å². The van der Waals surface area contributed by atoms with E-state index in [1.54, 1.807) is 6.20 Å². The number of pyridine rings is 1. The fourth-order valence-corrected chi connectivity index (χ4v) is 1.56. The largest absolute Gasteiger partial charge is 0.371 e. The summed E-state index contributed by atoms with van der Waals surface area (Å²) >= 11 is 0. The standard InChI is InChI=1S/C13H22N2O/c1-11(2)6-5-9-16-13(10-14)12-7-3-4-8-15-12/h3-4,7-8,11,13H,5-6,9-10,14H2,1-2H3. The molecule has 1 atom stereocenters. The van der Waals surface area contributed by atoms with Crippen LogP contribution in [0.5, 0.6) is 0 Å². The number of nitrogens with zero attached hydrogens (tertiary/aromatic N) is 1. The van der Waals surface area contributed by atoms with E-state index in [1.165, 1.54) is 6.42 Å². The van der Waals surface area contributed by atoms with Crippen molar-refractivity contribution in [1.82, 2.24) is 4.98 Å². The first-order valence-electron chi connectivity index (χ1n) is 5.96. The molecule has 0 saturated heterocycles. The number of rotatable bonds is 7. The Balaban J connectivity index is 2.33. The molecule has 0 saturated carbocycles. The molecule has 0 aromatic carbocycles. The van der Waals surface area contributed by atoms with Crippen molar-refractivity contribution >= 4 is 0 Å². The van der Waals surface area contributed by atoms with Gasteiger partial charge in [-0.2, -0.15) is 0 Å². The third-order valence-electron chi connectivity index (χ3n) is 2.48. The Morgan fingerprint density at radius 1 is 1.38 bits per heavy atom. The average molecular weight is 222 g/mol. The van der Waals surface area contributed by atoms with Crippen molar-refractivity contribution in [3.8, 4) is 0 Å². The number of hydrogen-bond donors (Lipinski definition) is 1. The quantitative estimate of drug-likeness (QED) is 0.721. The number of aromatic nitrogens is 1. The van der Waals surface area contributed by atoms with Gasteiger partial charge in [0.05, 0.1) is 5.69 Å². The molecule has 0 bridgehead atoms. The van der Waals surface area contributed by atoms with Gasteiger partial charge < -0.3 is 10.5 Å². The topological polar surface area (TPSA) is 48.1 Å². The van der Waals surface area contributed by atoms with Crippen molar-refractivity contribution in [2.45, 2.75) is 32.8 Å². The van der Waals surface area contributed by atoms with Crippen molar-refractivity contribution < 1.29 is 4.74 Å². The van der Waals surface area contributed by atoms with Crippen molar-refractivity contribution in [3.63, 3.8) is 0 Å². The summed E-state index contributed by atoms with van der Waals surface area (Å²) in [6, 6.07) is 5.82. The first kappa shape index (κ1) is 13.1. The second-order valence-electron chi connectivity index (χ2n) is 4.39. The van der Waals surface area contributed by atoms with Crippen LogP contribution in [0.2, 0.25) is 0 Å². The van der Waals surface area contributed by atoms with E-state index in [2.05, 4.69) is 18.8 Å². The van der Waals surface area contributed by atoms with Crippen molar-refractivity contribution in [1.29, 1.82) is 0 Å². The summed E-state index contributed by atoms with van der Waals surface area (Å²) < 4.78 is 5.74. The van der Waals surface area contributed by atoms with Gasteiger partial charge in [0.25, 0.3) is 0 Å². The van der Waals surface area contributed by atoms with Crippen LogP contribution < -0.4 is 5.73 Å². The lowest BCUT2D eigenvalue weighted by molar-refractivity contribution is 0.0518. The Morgan fingerprint density at radius 2 is 2.19 bits per heavy atom. The summed E-state index contributed by atoms with van der Waals surface area (Å²) in [7, 11) is 0. The maximum absolute atomic E-state index is 5.74. The van der Waals surface area contributed by atoms with Gasteiger partial charge >= 0.3 is 0 Å². The highest BCUT2D eigenvalue weighted by Gasteiger charge is 2.10. The minimum absolute atomic E-state index is 0.0617. The van der Waals surface area contributed by atoms with E-state index in [-0.39, 0.29) is 6.10 Å². The van der Waals surface area contributed by atoms with E-state index >= 15 is 0 Å². The first-order chi connectivity index (χ1) is 7.74. The molecule has 1 aromatic rings. The van der Waals surface area contributed by atoms with Crippen LogP contribution in [-0.4, -0.2) is 18.1 Å². The lowest BCUT2D eigenvalue weighted by Gasteiger charge is -2.15. The third-order valence-corrected chi connectivity index (χ3v) is 2.48. The molecule has 16 heavy (non-hydrogen) atoms. The Morgan fingerprint density at radius 3 is 2.75 bits per heavy atom. The molecule has 0 aliphatic rings. The van der Waals surface area contributed by atoms with Crippen LogP contribution in [0.1, 0.15) is 38.5 Å². The van der Waals surface area contributed by atoms with Crippen LogP contribution in [0, 0.1) is 5.92 Å². The minimum Gasteiger partial charge on any atom is -0.371 e. The monoisotopic (exact) mass is 222 g/mol. The molecule has 90 valence electrons. The molecule has 0 amide bonds. The van der Waals surface area contributed by atoms with E-state index in [9.17, 15) is 0 Å². The van der Waals surface area contributed by atoms with Crippen LogP contribution >= 0.6 is 0 Å². The number of hydrogen-bond acceptors (Lipinski definition) is 3. The second kappa shape index (κ2) is 7.36.